The van der Waals surface area contributed by atoms with Crippen molar-refractivity contribution in [3.05, 3.63) is 29.3 Å². The Bertz CT molecular complexity index is 514. The number of nitrogens with one attached hydrogen (secondary N) is 2. The minimum absolute atomic E-state index is 0.231. The van der Waals surface area contributed by atoms with E-state index in [0.29, 0.717) is 10.8 Å². The average molecular weight is 319 g/mol. The van der Waals surface area contributed by atoms with Gasteiger partial charge in [-0.1, -0.05) is 17.7 Å². The smallest absolute Gasteiger partial charge is 0.262 e. The second-order valence-electron chi connectivity index (χ2n) is 5.12. The first-order valence-electron chi connectivity index (χ1n) is 6.67. The van der Waals surface area contributed by atoms with E-state index < -0.39 is 30.8 Å². The maximum Gasteiger partial charge on any atom is 0.262 e. The monoisotopic (exact) mass is 318 g/mol. The van der Waals surface area contributed by atoms with Crippen LogP contribution in [0.25, 0.3) is 0 Å². The van der Waals surface area contributed by atoms with Crippen molar-refractivity contribution in [1.29, 1.82) is 0 Å². The van der Waals surface area contributed by atoms with E-state index in [1.54, 1.807) is 31.2 Å². The van der Waals surface area contributed by atoms with Crippen molar-refractivity contribution in [2.24, 2.45) is 0 Å². The Morgan fingerprint density at radius 2 is 2.38 bits per heavy atom. The van der Waals surface area contributed by atoms with Gasteiger partial charge in [0.05, 0.1) is 19.1 Å². The molecule has 7 heteroatoms. The first kappa shape index (κ1) is 16.0. The lowest BCUT2D eigenvalue weighted by Gasteiger charge is -2.17. The van der Waals surface area contributed by atoms with E-state index in [-0.39, 0.29) is 12.6 Å². The summed E-state index contributed by atoms with van der Waals surface area (Å²) in [7, 11) is 0. The third-order valence-electron chi connectivity index (χ3n) is 3.12. The molecule has 1 amide bonds. The molecule has 0 saturated carbocycles. The molecule has 2 atom stereocenters. The summed E-state index contributed by atoms with van der Waals surface area (Å²) < 4.78 is 31.6. The Hall–Kier alpha value is -1.40. The maximum atomic E-state index is 13.0. The summed E-state index contributed by atoms with van der Waals surface area (Å²) in [5.74, 6) is -2.66. The molecule has 4 nitrogen and oxygen atoms in total. The van der Waals surface area contributed by atoms with Crippen LogP contribution in [0.15, 0.2) is 24.3 Å². The van der Waals surface area contributed by atoms with Gasteiger partial charge in [-0.15, -0.1) is 0 Å². The van der Waals surface area contributed by atoms with Gasteiger partial charge in [0.15, 0.2) is 0 Å². The highest BCUT2D eigenvalue weighted by Crippen LogP contribution is 2.25. The number of hydrogen-bond donors (Lipinski definition) is 2. The lowest BCUT2D eigenvalue weighted by molar-refractivity contribution is -0.123. The molecule has 0 bridgehead atoms. The fourth-order valence-electron chi connectivity index (χ4n) is 2.08. The van der Waals surface area contributed by atoms with E-state index >= 15 is 0 Å². The molecule has 1 fully saturated rings. The predicted octanol–water partition coefficient (Wildman–Crippen LogP) is 2.22. The van der Waals surface area contributed by atoms with Crippen LogP contribution in [-0.2, 0) is 4.79 Å². The molecule has 1 heterocycles. The summed E-state index contributed by atoms with van der Waals surface area (Å²) in [4.78, 5) is 11.8. The number of halogens is 3. The SMILES string of the molecule is CC(CNC(=O)C1CC(F)(F)CN1)Oc1cccc(Cl)c1. The molecule has 1 saturated heterocycles. The molecule has 0 aromatic heterocycles. The number of amides is 1. The molecule has 1 aliphatic rings. The van der Waals surface area contributed by atoms with Crippen LogP contribution in [0.5, 0.6) is 5.75 Å². The molecule has 1 aromatic rings. The van der Waals surface area contributed by atoms with Crippen molar-refractivity contribution in [3.8, 4) is 5.75 Å². The molecule has 0 aliphatic carbocycles. The van der Waals surface area contributed by atoms with Crippen LogP contribution in [0.2, 0.25) is 5.02 Å². The van der Waals surface area contributed by atoms with Crippen LogP contribution >= 0.6 is 11.6 Å². The molecule has 1 aliphatic heterocycles. The molecule has 2 N–H and O–H groups in total. The van der Waals surface area contributed by atoms with Crippen molar-refractivity contribution in [2.45, 2.75) is 31.4 Å². The van der Waals surface area contributed by atoms with Crippen molar-refractivity contribution in [3.63, 3.8) is 0 Å². The van der Waals surface area contributed by atoms with Crippen LogP contribution in [0.1, 0.15) is 13.3 Å². The predicted molar refractivity (Wildman–Crippen MR) is 75.9 cm³/mol. The summed E-state index contributed by atoms with van der Waals surface area (Å²) in [6.07, 6.45) is -0.767. The summed E-state index contributed by atoms with van der Waals surface area (Å²) >= 11 is 5.84. The van der Waals surface area contributed by atoms with Crippen LogP contribution < -0.4 is 15.4 Å². The Balaban J connectivity index is 1.76. The minimum atomic E-state index is -2.81. The molecule has 2 rings (SSSR count). The highest BCUT2D eigenvalue weighted by molar-refractivity contribution is 6.30. The maximum absolute atomic E-state index is 13.0. The zero-order valence-electron chi connectivity index (χ0n) is 11.5. The number of hydrogen-bond acceptors (Lipinski definition) is 3. The number of rotatable bonds is 5. The summed E-state index contributed by atoms with van der Waals surface area (Å²) in [6, 6.07) is 6.06. The zero-order chi connectivity index (χ0) is 15.5. The van der Waals surface area contributed by atoms with Crippen molar-refractivity contribution in [1.82, 2.24) is 10.6 Å². The first-order chi connectivity index (χ1) is 9.85. The van der Waals surface area contributed by atoms with Crippen LogP contribution in [0.3, 0.4) is 0 Å². The van der Waals surface area contributed by atoms with E-state index in [2.05, 4.69) is 10.6 Å². The standard InChI is InChI=1S/C14H17ClF2N2O2/c1-9(21-11-4-2-3-10(15)5-11)7-18-13(20)12-6-14(16,17)8-19-12/h2-5,9,12,19H,6-8H2,1H3,(H,18,20). The molecule has 0 spiro atoms. The van der Waals surface area contributed by atoms with Gasteiger partial charge in [-0.2, -0.15) is 0 Å². The summed E-state index contributed by atoms with van der Waals surface area (Å²) in [6.45, 7) is 1.55. The Morgan fingerprint density at radius 1 is 1.62 bits per heavy atom. The second kappa shape index (κ2) is 6.58. The van der Waals surface area contributed by atoms with E-state index in [0.717, 1.165) is 0 Å². The lowest BCUT2D eigenvalue weighted by atomic mass is 10.2. The van der Waals surface area contributed by atoms with Gasteiger partial charge in [-0.05, 0) is 25.1 Å². The third kappa shape index (κ3) is 4.82. The molecule has 2 unspecified atom stereocenters. The minimum Gasteiger partial charge on any atom is -0.489 e. The number of alkyl halides is 2. The largest absolute Gasteiger partial charge is 0.489 e. The zero-order valence-corrected chi connectivity index (χ0v) is 12.3. The average Bonchev–Trinajstić information content (AvgIpc) is 2.76. The number of carbonyl (C=O) groups is 1. The van der Waals surface area contributed by atoms with Gasteiger partial charge in [-0.25, -0.2) is 8.78 Å². The van der Waals surface area contributed by atoms with Crippen LogP contribution in [-0.4, -0.2) is 37.1 Å². The number of ether oxygens (including phenoxy) is 1. The van der Waals surface area contributed by atoms with Crippen molar-refractivity contribution in [2.75, 3.05) is 13.1 Å². The van der Waals surface area contributed by atoms with Crippen molar-refractivity contribution < 1.29 is 18.3 Å². The molecule has 1 aromatic carbocycles. The number of benzene rings is 1. The quantitative estimate of drug-likeness (QED) is 0.875. The number of carbonyl (C=O) groups excluding carboxylic acids is 1. The van der Waals surface area contributed by atoms with Gasteiger partial charge in [0.1, 0.15) is 11.9 Å². The van der Waals surface area contributed by atoms with Gasteiger partial charge in [0.2, 0.25) is 5.91 Å². The first-order valence-corrected chi connectivity index (χ1v) is 7.05. The topological polar surface area (TPSA) is 50.4 Å². The highest BCUT2D eigenvalue weighted by atomic mass is 35.5. The molecule has 0 radical (unpaired) electrons. The van der Waals surface area contributed by atoms with Crippen LogP contribution in [0, 0.1) is 0 Å². The van der Waals surface area contributed by atoms with E-state index in [1.807, 2.05) is 0 Å². The van der Waals surface area contributed by atoms with E-state index in [9.17, 15) is 13.6 Å². The fraction of sp³-hybridized carbons (Fsp3) is 0.500. The van der Waals surface area contributed by atoms with Gasteiger partial charge in [-0.3, -0.25) is 10.1 Å². The van der Waals surface area contributed by atoms with E-state index in [4.69, 9.17) is 16.3 Å². The van der Waals surface area contributed by atoms with Gasteiger partial charge < -0.3 is 10.1 Å². The second-order valence-corrected chi connectivity index (χ2v) is 5.56. The summed E-state index contributed by atoms with van der Waals surface area (Å²) in [5, 5.41) is 5.67. The Kier molecular flexibility index (Phi) is 5.00. The molecule has 116 valence electrons. The Morgan fingerprint density at radius 3 is 3.00 bits per heavy atom. The summed E-state index contributed by atoms with van der Waals surface area (Å²) in [5.41, 5.74) is 0. The third-order valence-corrected chi connectivity index (χ3v) is 3.36. The molecule has 21 heavy (non-hydrogen) atoms. The van der Waals surface area contributed by atoms with Crippen molar-refractivity contribution >= 4 is 17.5 Å². The normalized spacial score (nSPS) is 21.8. The fourth-order valence-corrected chi connectivity index (χ4v) is 2.26. The van der Waals surface area contributed by atoms with Gasteiger partial charge in [0.25, 0.3) is 5.92 Å². The Labute approximate surface area is 126 Å². The van der Waals surface area contributed by atoms with Gasteiger partial charge in [0, 0.05) is 11.4 Å². The molecular weight excluding hydrogens is 302 g/mol. The van der Waals surface area contributed by atoms with Gasteiger partial charge >= 0.3 is 0 Å². The lowest BCUT2D eigenvalue weighted by Crippen LogP contribution is -2.43. The van der Waals surface area contributed by atoms with E-state index in [1.165, 1.54) is 0 Å². The van der Waals surface area contributed by atoms with Crippen LogP contribution in [0.4, 0.5) is 8.78 Å². The highest BCUT2D eigenvalue weighted by Gasteiger charge is 2.42. The molecular formula is C14H17ClF2N2O2.